The van der Waals surface area contributed by atoms with Crippen LogP contribution < -0.4 is 5.56 Å². The summed E-state index contributed by atoms with van der Waals surface area (Å²) in [6.45, 7) is 0. The van der Waals surface area contributed by atoms with Crippen LogP contribution in [0.2, 0.25) is 0 Å². The number of halogens is 4. The predicted octanol–water partition coefficient (Wildman–Crippen LogP) is 5.37. The molecule has 0 bridgehead atoms. The lowest BCUT2D eigenvalue weighted by molar-refractivity contribution is 0.0710. The fourth-order valence-corrected chi connectivity index (χ4v) is 4.74. The number of H-pyrrole nitrogens is 2. The molecule has 2 aromatic carbocycles. The summed E-state index contributed by atoms with van der Waals surface area (Å²) in [4.78, 5) is 32.9. The molecule has 2 N–H and O–H groups in total. The lowest BCUT2D eigenvalue weighted by Gasteiger charge is -2.33. The number of amides is 1. The molecular formula is C24H19F4N3O2. The molecular weight excluding hydrogens is 438 g/mol. The summed E-state index contributed by atoms with van der Waals surface area (Å²) in [6, 6.07) is 7.02. The number of aromatic amines is 2. The molecule has 5 rings (SSSR count). The van der Waals surface area contributed by atoms with Crippen molar-refractivity contribution in [1.29, 1.82) is 0 Å². The van der Waals surface area contributed by atoms with Crippen molar-refractivity contribution in [3.63, 3.8) is 0 Å². The predicted molar refractivity (Wildman–Crippen MR) is 116 cm³/mol. The van der Waals surface area contributed by atoms with Gasteiger partial charge in [-0.25, -0.2) is 17.6 Å². The minimum atomic E-state index is -2.97. The first-order chi connectivity index (χ1) is 15.7. The second-order valence-electron chi connectivity index (χ2n) is 8.31. The van der Waals surface area contributed by atoms with Crippen molar-refractivity contribution >= 4 is 27.6 Å². The number of aryl methyl sites for hydroxylation is 1. The van der Waals surface area contributed by atoms with E-state index in [0.29, 0.717) is 29.3 Å². The van der Waals surface area contributed by atoms with Crippen LogP contribution in [-0.2, 0) is 6.42 Å². The lowest BCUT2D eigenvalue weighted by atomic mass is 9.86. The van der Waals surface area contributed by atoms with Crippen molar-refractivity contribution in [3.8, 4) is 0 Å². The van der Waals surface area contributed by atoms with Crippen molar-refractivity contribution in [2.24, 2.45) is 0 Å². The number of hydrogen-bond donors (Lipinski definition) is 2. The molecule has 0 aliphatic heterocycles. The molecule has 1 unspecified atom stereocenters. The second kappa shape index (κ2) is 7.75. The Morgan fingerprint density at radius 1 is 1.09 bits per heavy atom. The minimum absolute atomic E-state index is 0.130. The molecule has 33 heavy (non-hydrogen) atoms. The van der Waals surface area contributed by atoms with Gasteiger partial charge in [0.2, 0.25) is 0 Å². The van der Waals surface area contributed by atoms with Gasteiger partial charge in [-0.2, -0.15) is 0 Å². The summed E-state index contributed by atoms with van der Waals surface area (Å²) >= 11 is 0. The van der Waals surface area contributed by atoms with Gasteiger partial charge in [-0.1, -0.05) is 6.07 Å². The van der Waals surface area contributed by atoms with Gasteiger partial charge in [0.1, 0.15) is 17.3 Å². The average molecular weight is 457 g/mol. The lowest BCUT2D eigenvalue weighted by Crippen LogP contribution is -2.34. The molecule has 0 saturated heterocycles. The Hall–Kier alpha value is -3.62. The van der Waals surface area contributed by atoms with E-state index in [1.165, 1.54) is 23.1 Å². The van der Waals surface area contributed by atoms with E-state index in [1.807, 2.05) is 0 Å². The Balaban J connectivity index is 1.57. The Labute approximate surface area is 185 Å². The summed E-state index contributed by atoms with van der Waals surface area (Å²) in [5, 5.41) is 1.10. The number of carbonyl (C=O) groups is 1. The second-order valence-corrected chi connectivity index (χ2v) is 8.31. The van der Waals surface area contributed by atoms with Gasteiger partial charge < -0.3 is 14.9 Å². The summed E-state index contributed by atoms with van der Waals surface area (Å²) in [5.41, 5.74) is 0.707. The minimum Gasteiger partial charge on any atom is -0.351 e. The Bertz CT molecular complexity index is 1470. The topological polar surface area (TPSA) is 69.0 Å². The SMILES string of the molecule is CN(C(=O)c1cc2cc(F)c(C(F)F)cc2[nH]1)C1CCCc2[nH]c(=O)c3cc(F)ccc3c21. The van der Waals surface area contributed by atoms with Crippen LogP contribution >= 0.6 is 0 Å². The third kappa shape index (κ3) is 3.48. The van der Waals surface area contributed by atoms with Gasteiger partial charge in [0.05, 0.1) is 17.0 Å². The monoisotopic (exact) mass is 457 g/mol. The van der Waals surface area contributed by atoms with Crippen molar-refractivity contribution in [1.82, 2.24) is 14.9 Å². The van der Waals surface area contributed by atoms with Gasteiger partial charge in [-0.3, -0.25) is 9.59 Å². The van der Waals surface area contributed by atoms with Gasteiger partial charge in [0.25, 0.3) is 17.9 Å². The molecule has 0 fully saturated rings. The van der Waals surface area contributed by atoms with Crippen molar-refractivity contribution in [2.45, 2.75) is 31.7 Å². The van der Waals surface area contributed by atoms with E-state index >= 15 is 0 Å². The zero-order chi connectivity index (χ0) is 23.4. The number of fused-ring (bicyclic) bond motifs is 4. The fourth-order valence-electron chi connectivity index (χ4n) is 4.74. The maximum atomic E-state index is 14.0. The number of nitrogens with zero attached hydrogens (tertiary/aromatic N) is 1. The molecule has 2 heterocycles. The van der Waals surface area contributed by atoms with E-state index in [-0.39, 0.29) is 22.2 Å². The number of benzene rings is 2. The summed E-state index contributed by atoms with van der Waals surface area (Å²) in [5.74, 6) is -1.98. The molecule has 9 heteroatoms. The van der Waals surface area contributed by atoms with Crippen LogP contribution in [0.25, 0.3) is 21.7 Å². The first kappa shape index (κ1) is 21.2. The van der Waals surface area contributed by atoms with Crippen LogP contribution in [0.5, 0.6) is 0 Å². The molecule has 5 nitrogen and oxygen atoms in total. The summed E-state index contributed by atoms with van der Waals surface area (Å²) in [6.07, 6.45) is -0.997. The first-order valence-corrected chi connectivity index (χ1v) is 10.5. The van der Waals surface area contributed by atoms with Crippen LogP contribution in [0.3, 0.4) is 0 Å². The van der Waals surface area contributed by atoms with Crippen LogP contribution in [0.1, 0.15) is 52.6 Å². The van der Waals surface area contributed by atoms with Gasteiger partial charge >= 0.3 is 0 Å². The molecule has 1 aliphatic rings. The highest BCUT2D eigenvalue weighted by molar-refractivity contribution is 5.98. The van der Waals surface area contributed by atoms with Crippen molar-refractivity contribution in [3.05, 3.63) is 80.9 Å². The largest absolute Gasteiger partial charge is 0.351 e. The van der Waals surface area contributed by atoms with E-state index < -0.39 is 35.6 Å². The Morgan fingerprint density at radius 2 is 1.88 bits per heavy atom. The molecule has 1 aliphatic carbocycles. The fraction of sp³-hybridized carbons (Fsp3) is 0.250. The van der Waals surface area contributed by atoms with Gasteiger partial charge in [-0.15, -0.1) is 0 Å². The smallest absolute Gasteiger partial charge is 0.270 e. The molecule has 2 aromatic heterocycles. The average Bonchev–Trinajstić information content (AvgIpc) is 3.20. The summed E-state index contributed by atoms with van der Waals surface area (Å²) < 4.78 is 53.8. The quantitative estimate of drug-likeness (QED) is 0.406. The Morgan fingerprint density at radius 3 is 2.64 bits per heavy atom. The van der Waals surface area contributed by atoms with Crippen molar-refractivity contribution in [2.75, 3.05) is 7.05 Å². The normalized spacial score (nSPS) is 15.9. The van der Waals surface area contributed by atoms with E-state index in [0.717, 1.165) is 24.1 Å². The van der Waals surface area contributed by atoms with Gasteiger partial charge in [0, 0.05) is 29.2 Å². The standard InChI is InChI=1S/C24H19F4N3O2/c1-31(24(33)19-8-11-7-16(26)15(22(27)28)10-18(11)29-19)20-4-2-3-17-21(20)13-6-5-12(25)9-14(13)23(32)30-17/h5-10,20,22,29H,2-4H2,1H3,(H,30,32). The molecule has 0 radical (unpaired) electrons. The number of carbonyl (C=O) groups excluding carboxylic acids is 1. The summed E-state index contributed by atoms with van der Waals surface area (Å²) in [7, 11) is 1.61. The van der Waals surface area contributed by atoms with E-state index in [4.69, 9.17) is 0 Å². The Kier molecular flexibility index (Phi) is 4.99. The molecule has 170 valence electrons. The van der Waals surface area contributed by atoms with Crippen molar-refractivity contribution < 1.29 is 22.4 Å². The highest BCUT2D eigenvalue weighted by Crippen LogP contribution is 2.37. The molecule has 0 spiro atoms. The highest BCUT2D eigenvalue weighted by atomic mass is 19.3. The molecule has 4 aromatic rings. The number of rotatable bonds is 3. The zero-order valence-electron chi connectivity index (χ0n) is 17.5. The molecule has 1 amide bonds. The van der Waals surface area contributed by atoms with E-state index in [2.05, 4.69) is 9.97 Å². The maximum Gasteiger partial charge on any atom is 0.270 e. The van der Waals surface area contributed by atoms with Crippen LogP contribution in [0.15, 0.2) is 41.2 Å². The third-order valence-electron chi connectivity index (χ3n) is 6.33. The van der Waals surface area contributed by atoms with Crippen LogP contribution in [0.4, 0.5) is 17.6 Å². The number of alkyl halides is 2. The highest BCUT2D eigenvalue weighted by Gasteiger charge is 2.31. The maximum absolute atomic E-state index is 14.0. The zero-order valence-corrected chi connectivity index (χ0v) is 17.5. The third-order valence-corrected chi connectivity index (χ3v) is 6.33. The number of pyridine rings is 1. The first-order valence-electron chi connectivity index (χ1n) is 10.5. The molecule has 0 saturated carbocycles. The van der Waals surface area contributed by atoms with Gasteiger partial charge in [0.15, 0.2) is 0 Å². The van der Waals surface area contributed by atoms with Gasteiger partial charge in [-0.05, 0) is 55.0 Å². The number of hydrogen-bond acceptors (Lipinski definition) is 2. The number of aromatic nitrogens is 2. The van der Waals surface area contributed by atoms with Crippen LogP contribution in [0, 0.1) is 11.6 Å². The van der Waals surface area contributed by atoms with Crippen LogP contribution in [-0.4, -0.2) is 27.8 Å². The van der Waals surface area contributed by atoms with E-state index in [1.54, 1.807) is 13.1 Å². The number of nitrogens with one attached hydrogen (secondary N) is 2. The van der Waals surface area contributed by atoms with E-state index in [9.17, 15) is 27.2 Å². The molecule has 1 atom stereocenters.